The molecule has 1 fully saturated rings. The summed E-state index contributed by atoms with van der Waals surface area (Å²) >= 11 is 0. The monoisotopic (exact) mass is 187 g/mol. The van der Waals surface area contributed by atoms with Gasteiger partial charge in [-0.25, -0.2) is 0 Å². The van der Waals surface area contributed by atoms with E-state index < -0.39 is 0 Å². The number of rotatable bonds is 4. The Labute approximate surface area is 78.1 Å². The van der Waals surface area contributed by atoms with Crippen molar-refractivity contribution in [2.24, 2.45) is 5.73 Å². The highest BCUT2D eigenvalue weighted by atomic mass is 16.5. The fourth-order valence-electron chi connectivity index (χ4n) is 1.44. The number of hydrogen-bond acceptors (Lipinski definition) is 4. The van der Waals surface area contributed by atoms with Gasteiger partial charge in [-0.2, -0.15) is 0 Å². The predicted octanol–water partition coefficient (Wildman–Crippen LogP) is -0.166. The average Bonchev–Trinajstić information content (AvgIpc) is 2.15. The molecule has 0 saturated carbocycles. The number of aliphatic hydroxyl groups excluding tert-OH is 1. The van der Waals surface area contributed by atoms with E-state index in [1.807, 2.05) is 0 Å². The standard InChI is InChI=1S/C9H17NO3/c10-7-3-4-9(13-6-7)8(12)2-1-5-11/h7,9,11H,1-6,10H2/t7-,9+/m1/s1. The van der Waals surface area contributed by atoms with E-state index >= 15 is 0 Å². The maximum absolute atomic E-state index is 11.4. The van der Waals surface area contributed by atoms with Gasteiger partial charge in [0.15, 0.2) is 5.78 Å². The third-order valence-electron chi connectivity index (χ3n) is 2.25. The summed E-state index contributed by atoms with van der Waals surface area (Å²) in [5, 5.41) is 8.54. The van der Waals surface area contributed by atoms with Crippen molar-refractivity contribution in [3.05, 3.63) is 0 Å². The van der Waals surface area contributed by atoms with Crippen molar-refractivity contribution in [3.63, 3.8) is 0 Å². The normalized spacial score (nSPS) is 28.8. The first-order chi connectivity index (χ1) is 6.24. The molecule has 13 heavy (non-hydrogen) atoms. The van der Waals surface area contributed by atoms with Gasteiger partial charge in [-0.1, -0.05) is 0 Å². The van der Waals surface area contributed by atoms with Crippen LogP contribution < -0.4 is 5.73 Å². The van der Waals surface area contributed by atoms with Gasteiger partial charge in [0.25, 0.3) is 0 Å². The minimum Gasteiger partial charge on any atom is -0.396 e. The molecular formula is C9H17NO3. The van der Waals surface area contributed by atoms with Crippen LogP contribution in [0, 0.1) is 0 Å². The van der Waals surface area contributed by atoms with Crippen LogP contribution in [0.5, 0.6) is 0 Å². The predicted molar refractivity (Wildman–Crippen MR) is 48.3 cm³/mol. The van der Waals surface area contributed by atoms with Crippen molar-refractivity contribution < 1.29 is 14.6 Å². The number of Topliss-reactive ketones (excluding diaryl/α,β-unsaturated/α-hetero) is 1. The zero-order chi connectivity index (χ0) is 9.68. The molecule has 2 atom stereocenters. The molecule has 4 heteroatoms. The number of carbonyl (C=O) groups is 1. The molecule has 0 aromatic carbocycles. The smallest absolute Gasteiger partial charge is 0.161 e. The van der Waals surface area contributed by atoms with Gasteiger partial charge in [0.1, 0.15) is 6.10 Å². The number of hydrogen-bond donors (Lipinski definition) is 2. The Morgan fingerprint density at radius 1 is 1.54 bits per heavy atom. The van der Waals surface area contributed by atoms with E-state index in [2.05, 4.69) is 0 Å². The molecule has 0 unspecified atom stereocenters. The van der Waals surface area contributed by atoms with Crippen molar-refractivity contribution in [2.75, 3.05) is 13.2 Å². The van der Waals surface area contributed by atoms with Crippen LogP contribution in [0.1, 0.15) is 25.7 Å². The zero-order valence-corrected chi connectivity index (χ0v) is 7.74. The van der Waals surface area contributed by atoms with E-state index in [0.717, 1.165) is 12.8 Å². The number of ether oxygens (including phenoxy) is 1. The van der Waals surface area contributed by atoms with Gasteiger partial charge < -0.3 is 15.6 Å². The van der Waals surface area contributed by atoms with Gasteiger partial charge >= 0.3 is 0 Å². The SMILES string of the molecule is N[C@@H]1CC[C@@H](C(=O)CCCO)OC1. The number of aliphatic hydroxyl groups is 1. The van der Waals surface area contributed by atoms with Crippen LogP contribution >= 0.6 is 0 Å². The fraction of sp³-hybridized carbons (Fsp3) is 0.889. The quantitative estimate of drug-likeness (QED) is 0.641. The molecule has 1 rings (SSSR count). The summed E-state index contributed by atoms with van der Waals surface area (Å²) in [7, 11) is 0. The molecule has 0 aliphatic carbocycles. The van der Waals surface area contributed by atoms with Gasteiger partial charge in [0.05, 0.1) is 6.61 Å². The van der Waals surface area contributed by atoms with Crippen molar-refractivity contribution in [1.29, 1.82) is 0 Å². The number of nitrogens with two attached hydrogens (primary N) is 1. The van der Waals surface area contributed by atoms with Crippen LogP contribution in [0.4, 0.5) is 0 Å². The summed E-state index contributed by atoms with van der Waals surface area (Å²) in [4.78, 5) is 11.4. The summed E-state index contributed by atoms with van der Waals surface area (Å²) in [5.41, 5.74) is 5.62. The summed E-state index contributed by atoms with van der Waals surface area (Å²) in [5.74, 6) is 0.0981. The van der Waals surface area contributed by atoms with Crippen molar-refractivity contribution in [2.45, 2.75) is 37.8 Å². The highest BCUT2D eigenvalue weighted by Crippen LogP contribution is 2.14. The fourth-order valence-corrected chi connectivity index (χ4v) is 1.44. The van der Waals surface area contributed by atoms with E-state index in [4.69, 9.17) is 15.6 Å². The minimum absolute atomic E-state index is 0.0674. The van der Waals surface area contributed by atoms with Crippen molar-refractivity contribution in [3.8, 4) is 0 Å². The maximum Gasteiger partial charge on any atom is 0.161 e. The van der Waals surface area contributed by atoms with Crippen LogP contribution in [-0.4, -0.2) is 36.2 Å². The van der Waals surface area contributed by atoms with Crippen LogP contribution in [-0.2, 0) is 9.53 Å². The van der Waals surface area contributed by atoms with Crippen LogP contribution in [0.25, 0.3) is 0 Å². The van der Waals surface area contributed by atoms with Gasteiger partial charge in [-0.3, -0.25) is 4.79 Å². The van der Waals surface area contributed by atoms with Crippen LogP contribution in [0.15, 0.2) is 0 Å². The second kappa shape index (κ2) is 5.32. The lowest BCUT2D eigenvalue weighted by molar-refractivity contribution is -0.134. The molecule has 3 N–H and O–H groups in total. The van der Waals surface area contributed by atoms with E-state index in [9.17, 15) is 4.79 Å². The molecule has 0 radical (unpaired) electrons. The lowest BCUT2D eigenvalue weighted by atomic mass is 10.0. The van der Waals surface area contributed by atoms with E-state index in [0.29, 0.717) is 19.4 Å². The first-order valence-electron chi connectivity index (χ1n) is 4.75. The van der Waals surface area contributed by atoms with Crippen LogP contribution in [0.3, 0.4) is 0 Å². The number of carbonyl (C=O) groups excluding carboxylic acids is 1. The number of ketones is 1. The molecule has 0 spiro atoms. The lowest BCUT2D eigenvalue weighted by Gasteiger charge is -2.25. The molecule has 1 aliphatic rings. The Morgan fingerprint density at radius 3 is 2.85 bits per heavy atom. The summed E-state index contributed by atoms with van der Waals surface area (Å²) in [6.45, 7) is 0.549. The van der Waals surface area contributed by atoms with Crippen LogP contribution in [0.2, 0.25) is 0 Å². The Balaban J connectivity index is 2.23. The maximum atomic E-state index is 11.4. The highest BCUT2D eigenvalue weighted by Gasteiger charge is 2.24. The van der Waals surface area contributed by atoms with E-state index in [1.165, 1.54) is 0 Å². The van der Waals surface area contributed by atoms with Gasteiger partial charge in [0, 0.05) is 19.1 Å². The Bertz CT molecular complexity index is 164. The lowest BCUT2D eigenvalue weighted by Crippen LogP contribution is -2.38. The van der Waals surface area contributed by atoms with Gasteiger partial charge in [-0.15, -0.1) is 0 Å². The molecular weight excluding hydrogens is 170 g/mol. The first kappa shape index (κ1) is 10.6. The molecule has 1 aliphatic heterocycles. The molecule has 1 heterocycles. The Morgan fingerprint density at radius 2 is 2.31 bits per heavy atom. The molecule has 0 aromatic rings. The molecule has 0 amide bonds. The average molecular weight is 187 g/mol. The molecule has 4 nitrogen and oxygen atoms in total. The van der Waals surface area contributed by atoms with E-state index in [-0.39, 0.29) is 24.5 Å². The van der Waals surface area contributed by atoms with Gasteiger partial charge in [-0.05, 0) is 19.3 Å². The highest BCUT2D eigenvalue weighted by molar-refractivity contribution is 5.83. The zero-order valence-electron chi connectivity index (χ0n) is 7.74. The Kier molecular flexibility index (Phi) is 4.35. The topological polar surface area (TPSA) is 72.6 Å². The summed E-state index contributed by atoms with van der Waals surface area (Å²) in [6, 6.07) is 0.0851. The van der Waals surface area contributed by atoms with Gasteiger partial charge in [0.2, 0.25) is 0 Å². The minimum atomic E-state index is -0.272. The molecule has 0 bridgehead atoms. The molecule has 1 saturated heterocycles. The second-order valence-corrected chi connectivity index (χ2v) is 3.45. The first-order valence-corrected chi connectivity index (χ1v) is 4.75. The second-order valence-electron chi connectivity index (χ2n) is 3.45. The molecule has 0 aromatic heterocycles. The Hall–Kier alpha value is -0.450. The van der Waals surface area contributed by atoms with Crippen molar-refractivity contribution in [1.82, 2.24) is 0 Å². The summed E-state index contributed by atoms with van der Waals surface area (Å²) < 4.78 is 5.29. The largest absolute Gasteiger partial charge is 0.396 e. The summed E-state index contributed by atoms with van der Waals surface area (Å²) in [6.07, 6.45) is 2.26. The molecule has 76 valence electrons. The third kappa shape index (κ3) is 3.42. The van der Waals surface area contributed by atoms with Crippen molar-refractivity contribution >= 4 is 5.78 Å². The third-order valence-corrected chi connectivity index (χ3v) is 2.25. The van der Waals surface area contributed by atoms with E-state index in [1.54, 1.807) is 0 Å².